The highest BCUT2D eigenvalue weighted by Crippen LogP contribution is 2.30. The molecule has 1 N–H and O–H groups in total. The average molecular weight is 278 g/mol. The van der Waals surface area contributed by atoms with Crippen molar-refractivity contribution in [2.45, 2.75) is 6.42 Å². The quantitative estimate of drug-likeness (QED) is 0.614. The van der Waals surface area contributed by atoms with Crippen LogP contribution in [0.5, 0.6) is 5.88 Å². The van der Waals surface area contributed by atoms with Gasteiger partial charge in [0, 0.05) is 31.9 Å². The summed E-state index contributed by atoms with van der Waals surface area (Å²) in [6, 6.07) is 1.89. The zero-order valence-corrected chi connectivity index (χ0v) is 11.1. The van der Waals surface area contributed by atoms with Crippen molar-refractivity contribution < 1.29 is 9.66 Å². The van der Waals surface area contributed by atoms with Gasteiger partial charge in [-0.05, 0) is 6.07 Å². The van der Waals surface area contributed by atoms with Gasteiger partial charge >= 0.3 is 5.69 Å². The van der Waals surface area contributed by atoms with E-state index in [2.05, 4.69) is 20.4 Å². The van der Waals surface area contributed by atoms with Gasteiger partial charge in [-0.3, -0.25) is 14.8 Å². The molecule has 0 amide bonds. The summed E-state index contributed by atoms with van der Waals surface area (Å²) in [6.45, 7) is 0.487. The second-order valence-electron chi connectivity index (χ2n) is 3.96. The van der Waals surface area contributed by atoms with Crippen LogP contribution >= 0.6 is 0 Å². The van der Waals surface area contributed by atoms with Gasteiger partial charge in [0.25, 0.3) is 5.88 Å². The third-order valence-corrected chi connectivity index (χ3v) is 2.76. The number of nitro groups is 1. The number of hydrogen-bond acceptors (Lipinski definition) is 7. The maximum atomic E-state index is 11.0. The summed E-state index contributed by atoms with van der Waals surface area (Å²) >= 11 is 0. The van der Waals surface area contributed by atoms with E-state index in [9.17, 15) is 10.1 Å². The fourth-order valence-electron chi connectivity index (χ4n) is 1.76. The van der Waals surface area contributed by atoms with Gasteiger partial charge in [-0.15, -0.1) is 0 Å². The van der Waals surface area contributed by atoms with Gasteiger partial charge in [-0.1, -0.05) is 0 Å². The van der Waals surface area contributed by atoms with E-state index in [-0.39, 0.29) is 17.4 Å². The molecule has 0 bridgehead atoms. The first-order valence-corrected chi connectivity index (χ1v) is 5.87. The molecule has 0 saturated heterocycles. The molecule has 2 rings (SSSR count). The predicted molar refractivity (Wildman–Crippen MR) is 70.6 cm³/mol. The van der Waals surface area contributed by atoms with Crippen molar-refractivity contribution in [2.24, 2.45) is 7.05 Å². The topological polar surface area (TPSA) is 108 Å². The zero-order valence-electron chi connectivity index (χ0n) is 11.1. The number of nitrogens with zero attached hydrogens (tertiary/aromatic N) is 5. The zero-order chi connectivity index (χ0) is 14.5. The molecule has 2 aromatic heterocycles. The number of rotatable bonds is 6. The Labute approximate surface area is 114 Å². The fraction of sp³-hybridized carbons (Fsp3) is 0.364. The van der Waals surface area contributed by atoms with Crippen molar-refractivity contribution in [1.82, 2.24) is 19.7 Å². The molecule has 9 nitrogen and oxygen atoms in total. The first-order chi connectivity index (χ1) is 9.63. The molecule has 20 heavy (non-hydrogen) atoms. The number of ether oxygens (including phenoxy) is 1. The van der Waals surface area contributed by atoms with Gasteiger partial charge in [-0.2, -0.15) is 10.1 Å². The highest BCUT2D eigenvalue weighted by Gasteiger charge is 2.23. The second kappa shape index (κ2) is 5.95. The lowest BCUT2D eigenvalue weighted by molar-refractivity contribution is -0.385. The Kier molecular flexibility index (Phi) is 4.08. The van der Waals surface area contributed by atoms with Gasteiger partial charge in [-0.25, -0.2) is 4.98 Å². The first kappa shape index (κ1) is 13.7. The molecule has 0 aliphatic rings. The van der Waals surface area contributed by atoms with Crippen LogP contribution in [0.25, 0.3) is 0 Å². The molecule has 0 fully saturated rings. The summed E-state index contributed by atoms with van der Waals surface area (Å²) in [5.74, 6) is 0.0806. The van der Waals surface area contributed by atoms with E-state index in [0.717, 1.165) is 5.69 Å². The molecule has 0 spiro atoms. The Morgan fingerprint density at radius 3 is 2.90 bits per heavy atom. The summed E-state index contributed by atoms with van der Waals surface area (Å²) in [5.41, 5.74) is 0.751. The SMILES string of the molecule is COc1ncnc(NCCc2ccnn2C)c1[N+](=O)[O-]. The Balaban J connectivity index is 2.09. The van der Waals surface area contributed by atoms with Crippen LogP contribution in [0, 0.1) is 10.1 Å². The van der Waals surface area contributed by atoms with Crippen LogP contribution < -0.4 is 10.1 Å². The van der Waals surface area contributed by atoms with E-state index >= 15 is 0 Å². The minimum absolute atomic E-state index is 0.0620. The largest absolute Gasteiger partial charge is 0.476 e. The number of nitrogens with one attached hydrogen (secondary N) is 1. The van der Waals surface area contributed by atoms with E-state index in [1.807, 2.05) is 13.1 Å². The average Bonchev–Trinajstić information content (AvgIpc) is 2.84. The Morgan fingerprint density at radius 1 is 1.50 bits per heavy atom. The van der Waals surface area contributed by atoms with Crippen LogP contribution in [0.3, 0.4) is 0 Å². The Bertz CT molecular complexity index is 612. The monoisotopic (exact) mass is 278 g/mol. The standard InChI is InChI=1S/C11H14N6O3/c1-16-8(4-6-15-16)3-5-12-10-9(17(18)19)11(20-2)14-7-13-10/h4,6-7H,3,5H2,1-2H3,(H,12,13,14). The first-order valence-electron chi connectivity index (χ1n) is 5.87. The summed E-state index contributed by atoms with van der Waals surface area (Å²) in [6.07, 6.45) is 3.59. The molecule has 0 aromatic carbocycles. The number of aromatic nitrogens is 4. The van der Waals surface area contributed by atoms with E-state index in [1.54, 1.807) is 10.9 Å². The second-order valence-corrected chi connectivity index (χ2v) is 3.96. The summed E-state index contributed by atoms with van der Waals surface area (Å²) in [5, 5.41) is 18.0. The lowest BCUT2D eigenvalue weighted by atomic mass is 10.3. The molecular weight excluding hydrogens is 264 g/mol. The highest BCUT2D eigenvalue weighted by atomic mass is 16.6. The molecule has 0 aliphatic carbocycles. The molecule has 2 aromatic rings. The number of anilines is 1. The molecule has 0 radical (unpaired) electrons. The third kappa shape index (κ3) is 2.82. The minimum Gasteiger partial charge on any atom is -0.476 e. The molecule has 0 aliphatic heterocycles. The van der Waals surface area contributed by atoms with Crippen LogP contribution in [0.15, 0.2) is 18.6 Å². The van der Waals surface area contributed by atoms with Crippen molar-refractivity contribution in [3.05, 3.63) is 34.4 Å². The number of hydrogen-bond donors (Lipinski definition) is 1. The fourth-order valence-corrected chi connectivity index (χ4v) is 1.76. The van der Waals surface area contributed by atoms with E-state index < -0.39 is 4.92 Å². The van der Waals surface area contributed by atoms with Gasteiger partial charge in [0.15, 0.2) is 0 Å². The van der Waals surface area contributed by atoms with Crippen LogP contribution in [-0.2, 0) is 13.5 Å². The molecule has 0 saturated carbocycles. The maximum Gasteiger partial charge on any atom is 0.372 e. The van der Waals surface area contributed by atoms with Gasteiger partial charge < -0.3 is 10.1 Å². The molecule has 9 heteroatoms. The molecule has 0 atom stereocenters. The van der Waals surface area contributed by atoms with Crippen LogP contribution in [0.2, 0.25) is 0 Å². The van der Waals surface area contributed by atoms with Crippen molar-refractivity contribution in [1.29, 1.82) is 0 Å². The maximum absolute atomic E-state index is 11.0. The van der Waals surface area contributed by atoms with Crippen LogP contribution in [0.1, 0.15) is 5.69 Å². The van der Waals surface area contributed by atoms with Gasteiger partial charge in [0.2, 0.25) is 5.82 Å². The lowest BCUT2D eigenvalue weighted by Gasteiger charge is -2.07. The molecule has 0 unspecified atom stereocenters. The van der Waals surface area contributed by atoms with Gasteiger partial charge in [0.05, 0.1) is 12.0 Å². The van der Waals surface area contributed by atoms with Crippen LogP contribution in [0.4, 0.5) is 11.5 Å². The van der Waals surface area contributed by atoms with E-state index in [0.29, 0.717) is 13.0 Å². The third-order valence-electron chi connectivity index (χ3n) is 2.76. The normalized spacial score (nSPS) is 10.3. The van der Waals surface area contributed by atoms with Crippen LogP contribution in [-0.4, -0.2) is 38.3 Å². The Morgan fingerprint density at radius 2 is 2.30 bits per heavy atom. The molecule has 106 valence electrons. The Hall–Kier alpha value is -2.71. The smallest absolute Gasteiger partial charge is 0.372 e. The molecule has 2 heterocycles. The van der Waals surface area contributed by atoms with E-state index in [1.165, 1.54) is 13.4 Å². The van der Waals surface area contributed by atoms with Crippen molar-refractivity contribution in [2.75, 3.05) is 19.0 Å². The summed E-state index contributed by atoms with van der Waals surface area (Å²) in [4.78, 5) is 18.1. The van der Waals surface area contributed by atoms with Crippen molar-refractivity contribution in [3.63, 3.8) is 0 Å². The number of aryl methyl sites for hydroxylation is 1. The summed E-state index contributed by atoms with van der Waals surface area (Å²) in [7, 11) is 3.17. The molecular formula is C11H14N6O3. The number of methoxy groups -OCH3 is 1. The highest BCUT2D eigenvalue weighted by molar-refractivity contribution is 5.61. The van der Waals surface area contributed by atoms with Gasteiger partial charge in [0.1, 0.15) is 6.33 Å². The van der Waals surface area contributed by atoms with Crippen molar-refractivity contribution >= 4 is 11.5 Å². The minimum atomic E-state index is -0.564. The summed E-state index contributed by atoms with van der Waals surface area (Å²) < 4.78 is 6.62. The van der Waals surface area contributed by atoms with E-state index in [4.69, 9.17) is 4.74 Å². The predicted octanol–water partition coefficient (Wildman–Crippen LogP) is 0.781. The lowest BCUT2D eigenvalue weighted by Crippen LogP contribution is -2.11. The van der Waals surface area contributed by atoms with Crippen molar-refractivity contribution in [3.8, 4) is 5.88 Å².